The zero-order valence-corrected chi connectivity index (χ0v) is 9.66. The SMILES string of the molecule is CC(C)Cc1ccc(C(C)NC=O)cc1. The van der Waals surface area contributed by atoms with Crippen LogP contribution in [0.4, 0.5) is 0 Å². The number of benzene rings is 1. The van der Waals surface area contributed by atoms with Gasteiger partial charge in [0, 0.05) is 0 Å². The summed E-state index contributed by atoms with van der Waals surface area (Å²) in [5, 5.41) is 2.74. The Hall–Kier alpha value is -1.31. The summed E-state index contributed by atoms with van der Waals surface area (Å²) in [7, 11) is 0. The first-order valence-corrected chi connectivity index (χ1v) is 5.42. The van der Waals surface area contributed by atoms with Crippen LogP contribution in [-0.2, 0) is 11.2 Å². The molecular weight excluding hydrogens is 186 g/mol. The van der Waals surface area contributed by atoms with Gasteiger partial charge in [-0.1, -0.05) is 38.1 Å². The molecule has 0 fully saturated rings. The molecule has 2 nitrogen and oxygen atoms in total. The maximum Gasteiger partial charge on any atom is 0.207 e. The van der Waals surface area contributed by atoms with Gasteiger partial charge in [0.15, 0.2) is 0 Å². The zero-order valence-electron chi connectivity index (χ0n) is 9.66. The second-order valence-corrected chi connectivity index (χ2v) is 4.35. The number of amides is 1. The second-order valence-electron chi connectivity index (χ2n) is 4.35. The Morgan fingerprint density at radius 1 is 1.20 bits per heavy atom. The van der Waals surface area contributed by atoms with Gasteiger partial charge < -0.3 is 5.32 Å². The molecule has 0 aromatic heterocycles. The summed E-state index contributed by atoms with van der Waals surface area (Å²) in [4.78, 5) is 10.3. The van der Waals surface area contributed by atoms with Gasteiger partial charge >= 0.3 is 0 Å². The number of carbonyl (C=O) groups is 1. The summed E-state index contributed by atoms with van der Waals surface area (Å²) >= 11 is 0. The van der Waals surface area contributed by atoms with Crippen LogP contribution in [0, 0.1) is 5.92 Å². The largest absolute Gasteiger partial charge is 0.352 e. The third-order valence-corrected chi connectivity index (χ3v) is 2.44. The van der Waals surface area contributed by atoms with Gasteiger partial charge in [0.1, 0.15) is 0 Å². The van der Waals surface area contributed by atoms with Gasteiger partial charge in [-0.05, 0) is 30.4 Å². The van der Waals surface area contributed by atoms with Crippen LogP contribution in [0.25, 0.3) is 0 Å². The van der Waals surface area contributed by atoms with E-state index in [9.17, 15) is 4.79 Å². The van der Waals surface area contributed by atoms with Crippen LogP contribution >= 0.6 is 0 Å². The summed E-state index contributed by atoms with van der Waals surface area (Å²) in [6, 6.07) is 8.53. The van der Waals surface area contributed by atoms with E-state index in [0.717, 1.165) is 18.4 Å². The van der Waals surface area contributed by atoms with E-state index in [1.165, 1.54) is 5.56 Å². The summed E-state index contributed by atoms with van der Waals surface area (Å²) in [5.41, 5.74) is 2.50. The molecule has 0 saturated heterocycles. The normalized spacial score (nSPS) is 12.5. The van der Waals surface area contributed by atoms with Gasteiger partial charge in [0.2, 0.25) is 6.41 Å². The minimum absolute atomic E-state index is 0.0931. The van der Waals surface area contributed by atoms with Crippen molar-refractivity contribution in [1.82, 2.24) is 5.32 Å². The van der Waals surface area contributed by atoms with Gasteiger partial charge in [-0.25, -0.2) is 0 Å². The van der Waals surface area contributed by atoms with E-state index in [0.29, 0.717) is 5.92 Å². The molecule has 0 bridgehead atoms. The average Bonchev–Trinajstić information content (AvgIpc) is 2.18. The lowest BCUT2D eigenvalue weighted by molar-refractivity contribution is -0.110. The highest BCUT2D eigenvalue weighted by Crippen LogP contribution is 2.14. The second kappa shape index (κ2) is 5.54. The molecule has 0 saturated carbocycles. The van der Waals surface area contributed by atoms with Crippen LogP contribution < -0.4 is 5.32 Å². The van der Waals surface area contributed by atoms with Crippen molar-refractivity contribution >= 4 is 6.41 Å². The predicted octanol–water partition coefficient (Wildman–Crippen LogP) is 2.69. The molecule has 1 atom stereocenters. The minimum atomic E-state index is 0.0931. The molecule has 1 aromatic rings. The van der Waals surface area contributed by atoms with Crippen LogP contribution in [0.1, 0.15) is 37.9 Å². The molecule has 1 rings (SSSR count). The van der Waals surface area contributed by atoms with Crippen LogP contribution in [0.5, 0.6) is 0 Å². The Bertz CT molecular complexity index is 303. The van der Waals surface area contributed by atoms with E-state index in [1.54, 1.807) is 0 Å². The van der Waals surface area contributed by atoms with Crippen molar-refractivity contribution in [2.24, 2.45) is 5.92 Å². The van der Waals surface area contributed by atoms with Crippen molar-refractivity contribution in [2.45, 2.75) is 33.2 Å². The third kappa shape index (κ3) is 3.74. The highest BCUT2D eigenvalue weighted by molar-refractivity contribution is 5.47. The number of hydrogen-bond acceptors (Lipinski definition) is 1. The van der Waals surface area contributed by atoms with Crippen molar-refractivity contribution in [1.29, 1.82) is 0 Å². The fraction of sp³-hybridized carbons (Fsp3) is 0.462. The quantitative estimate of drug-likeness (QED) is 0.736. The molecule has 0 aliphatic heterocycles. The maximum absolute atomic E-state index is 10.3. The minimum Gasteiger partial charge on any atom is -0.352 e. The van der Waals surface area contributed by atoms with Crippen molar-refractivity contribution in [2.75, 3.05) is 0 Å². The molecule has 0 radical (unpaired) electrons. The molecule has 15 heavy (non-hydrogen) atoms. The molecule has 2 heteroatoms. The summed E-state index contributed by atoms with van der Waals surface area (Å²) in [6.07, 6.45) is 1.85. The van der Waals surface area contributed by atoms with Gasteiger partial charge in [0.25, 0.3) is 0 Å². The van der Waals surface area contributed by atoms with Gasteiger partial charge in [0.05, 0.1) is 6.04 Å². The third-order valence-electron chi connectivity index (χ3n) is 2.44. The number of rotatable bonds is 5. The number of hydrogen-bond donors (Lipinski definition) is 1. The average molecular weight is 205 g/mol. The first kappa shape index (κ1) is 11.8. The first-order valence-electron chi connectivity index (χ1n) is 5.42. The molecular formula is C13H19NO. The van der Waals surface area contributed by atoms with Crippen LogP contribution in [0.2, 0.25) is 0 Å². The highest BCUT2D eigenvalue weighted by atomic mass is 16.1. The molecule has 0 heterocycles. The smallest absolute Gasteiger partial charge is 0.207 e. The Balaban J connectivity index is 2.67. The fourth-order valence-corrected chi connectivity index (χ4v) is 1.61. The van der Waals surface area contributed by atoms with E-state index >= 15 is 0 Å². The van der Waals surface area contributed by atoms with E-state index in [-0.39, 0.29) is 6.04 Å². The van der Waals surface area contributed by atoms with Gasteiger partial charge in [-0.3, -0.25) is 4.79 Å². The molecule has 0 aliphatic carbocycles. The van der Waals surface area contributed by atoms with E-state index in [4.69, 9.17) is 0 Å². The molecule has 0 aliphatic rings. The van der Waals surface area contributed by atoms with Gasteiger partial charge in [-0.15, -0.1) is 0 Å². The molecule has 1 unspecified atom stereocenters. The zero-order chi connectivity index (χ0) is 11.3. The molecule has 1 N–H and O–H groups in total. The maximum atomic E-state index is 10.3. The Kier molecular flexibility index (Phi) is 4.35. The van der Waals surface area contributed by atoms with E-state index in [1.807, 2.05) is 6.92 Å². The van der Waals surface area contributed by atoms with Crippen molar-refractivity contribution in [3.63, 3.8) is 0 Å². The lowest BCUT2D eigenvalue weighted by Crippen LogP contribution is -2.15. The van der Waals surface area contributed by atoms with Crippen molar-refractivity contribution in [3.05, 3.63) is 35.4 Å². The molecule has 0 spiro atoms. The summed E-state index contributed by atoms with van der Waals surface area (Å²) in [5.74, 6) is 0.682. The van der Waals surface area contributed by atoms with E-state index < -0.39 is 0 Å². The van der Waals surface area contributed by atoms with Gasteiger partial charge in [-0.2, -0.15) is 0 Å². The standard InChI is InChI=1S/C13H19NO/c1-10(2)8-12-4-6-13(7-5-12)11(3)14-9-15/h4-7,9-11H,8H2,1-3H3,(H,14,15). The van der Waals surface area contributed by atoms with Crippen molar-refractivity contribution in [3.8, 4) is 0 Å². The molecule has 82 valence electrons. The summed E-state index contributed by atoms with van der Waals surface area (Å²) < 4.78 is 0. The topological polar surface area (TPSA) is 29.1 Å². The molecule has 1 aromatic carbocycles. The fourth-order valence-electron chi connectivity index (χ4n) is 1.61. The summed E-state index contributed by atoms with van der Waals surface area (Å²) in [6.45, 7) is 6.40. The number of carbonyl (C=O) groups excluding carboxylic acids is 1. The monoisotopic (exact) mass is 205 g/mol. The lowest BCUT2D eigenvalue weighted by atomic mass is 10.00. The highest BCUT2D eigenvalue weighted by Gasteiger charge is 2.03. The predicted molar refractivity (Wildman–Crippen MR) is 62.6 cm³/mol. The Labute approximate surface area is 91.7 Å². The first-order chi connectivity index (χ1) is 7.13. The van der Waals surface area contributed by atoms with E-state index in [2.05, 4.69) is 43.4 Å². The lowest BCUT2D eigenvalue weighted by Gasteiger charge is -2.11. The van der Waals surface area contributed by atoms with Crippen molar-refractivity contribution < 1.29 is 4.79 Å². The van der Waals surface area contributed by atoms with Crippen LogP contribution in [-0.4, -0.2) is 6.41 Å². The Morgan fingerprint density at radius 2 is 1.80 bits per heavy atom. The number of nitrogens with one attached hydrogen (secondary N) is 1. The molecule has 1 amide bonds. The Morgan fingerprint density at radius 3 is 2.27 bits per heavy atom. The van der Waals surface area contributed by atoms with Crippen LogP contribution in [0.15, 0.2) is 24.3 Å². The van der Waals surface area contributed by atoms with Crippen LogP contribution in [0.3, 0.4) is 0 Å².